The summed E-state index contributed by atoms with van der Waals surface area (Å²) in [5.74, 6) is 1.83. The number of benzene rings is 4. The van der Waals surface area contributed by atoms with Crippen molar-refractivity contribution in [2.24, 2.45) is 0 Å². The lowest BCUT2D eigenvalue weighted by Gasteiger charge is -2.33. The lowest BCUT2D eigenvalue weighted by molar-refractivity contribution is 0.0126. The van der Waals surface area contributed by atoms with Crippen LogP contribution in [0, 0.1) is 0 Å². The number of hydrogen-bond acceptors (Lipinski definition) is 7. The molecule has 7 nitrogen and oxygen atoms in total. The molecule has 4 aromatic carbocycles. The molecule has 0 atom stereocenters. The van der Waals surface area contributed by atoms with Crippen LogP contribution < -0.4 is 19.7 Å². The molecule has 0 aromatic heterocycles. The van der Waals surface area contributed by atoms with E-state index in [1.807, 2.05) is 56.8 Å². The normalized spacial score (nSPS) is 16.6. The van der Waals surface area contributed by atoms with E-state index in [1.165, 1.54) is 21.2 Å². The van der Waals surface area contributed by atoms with E-state index in [2.05, 4.69) is 98.9 Å². The Kier molecular flexibility index (Phi) is 11.2. The highest BCUT2D eigenvalue weighted by atomic mass is 79.9. The highest BCUT2D eigenvalue weighted by Gasteiger charge is 2.28. The highest BCUT2D eigenvalue weighted by Crippen LogP contribution is 2.51. The molecule has 0 unspecified atom stereocenters. The van der Waals surface area contributed by atoms with Gasteiger partial charge in [0, 0.05) is 45.9 Å². The number of hydrogen-bond donors (Lipinski definition) is 1. The van der Waals surface area contributed by atoms with E-state index in [9.17, 15) is 4.79 Å². The molecule has 1 amide bonds. The van der Waals surface area contributed by atoms with Crippen molar-refractivity contribution < 1.29 is 19.0 Å². The number of carbonyl (C=O) groups is 1. The molecule has 4 aromatic rings. The second-order valence-electron chi connectivity index (χ2n) is 13.2. The number of likely N-dealkylation sites (tertiary alicyclic amines) is 1. The Balaban J connectivity index is 0.000000173. The Bertz CT molecular complexity index is 1600. The van der Waals surface area contributed by atoms with Crippen molar-refractivity contribution in [2.75, 3.05) is 31.1 Å². The van der Waals surface area contributed by atoms with Gasteiger partial charge in [-0.15, -0.1) is 0 Å². The first kappa shape index (κ1) is 34.2. The van der Waals surface area contributed by atoms with Crippen molar-refractivity contribution >= 4 is 50.8 Å². The van der Waals surface area contributed by atoms with Crippen molar-refractivity contribution in [1.82, 2.24) is 10.2 Å². The van der Waals surface area contributed by atoms with Gasteiger partial charge < -0.3 is 29.3 Å². The summed E-state index contributed by atoms with van der Waals surface area (Å²) in [7, 11) is 0. The molecule has 48 heavy (non-hydrogen) atoms. The van der Waals surface area contributed by atoms with Gasteiger partial charge in [-0.3, -0.25) is 0 Å². The van der Waals surface area contributed by atoms with Crippen molar-refractivity contribution in [2.45, 2.75) is 74.1 Å². The third kappa shape index (κ3) is 9.07. The summed E-state index contributed by atoms with van der Waals surface area (Å²) in [6.07, 6.45) is 4.06. The van der Waals surface area contributed by atoms with E-state index in [0.717, 1.165) is 60.4 Å². The summed E-state index contributed by atoms with van der Waals surface area (Å²) in [6, 6.07) is 33.6. The van der Waals surface area contributed by atoms with Crippen LogP contribution in [0.5, 0.6) is 11.5 Å². The summed E-state index contributed by atoms with van der Waals surface area (Å²) in [6.45, 7) is 9.09. The van der Waals surface area contributed by atoms with Crippen LogP contribution in [0.2, 0.25) is 0 Å². The molecule has 0 saturated carbocycles. The van der Waals surface area contributed by atoms with Crippen molar-refractivity contribution in [3.05, 3.63) is 102 Å². The van der Waals surface area contributed by atoms with Gasteiger partial charge in [-0.25, -0.2) is 4.79 Å². The van der Waals surface area contributed by atoms with Crippen LogP contribution in [0.3, 0.4) is 0 Å². The zero-order chi connectivity index (χ0) is 33.5. The maximum Gasteiger partial charge on any atom is 0.410 e. The number of halogens is 1. The molecule has 252 valence electrons. The van der Waals surface area contributed by atoms with Crippen LogP contribution in [0.1, 0.15) is 46.5 Å². The molecule has 2 saturated heterocycles. The Morgan fingerprint density at radius 1 is 0.729 bits per heavy atom. The maximum atomic E-state index is 12.0. The molecule has 0 bridgehead atoms. The number of anilines is 3. The molecule has 3 aliphatic rings. The average Bonchev–Trinajstić information content (AvgIpc) is 3.09. The minimum atomic E-state index is -0.443. The summed E-state index contributed by atoms with van der Waals surface area (Å²) in [5.41, 5.74) is 3.18. The molecule has 0 spiro atoms. The maximum absolute atomic E-state index is 12.0. The fourth-order valence-corrected chi connectivity index (χ4v) is 7.27. The fourth-order valence-electron chi connectivity index (χ4n) is 5.95. The van der Waals surface area contributed by atoms with Gasteiger partial charge in [-0.1, -0.05) is 52.0 Å². The summed E-state index contributed by atoms with van der Waals surface area (Å²) in [5, 5.41) is 3.38. The van der Waals surface area contributed by atoms with Crippen LogP contribution in [-0.2, 0) is 4.74 Å². The SMILES string of the molecule is CC(C)(C)OC(=O)N1CCC(Oc2ccc(Br)cc2)CC1.c1ccc2c(c1)Sc1ccccc1N2c1ccc(OC2CCNCC2)cc1. The first-order chi connectivity index (χ1) is 23.2. The van der Waals surface area contributed by atoms with Gasteiger partial charge in [0.1, 0.15) is 29.3 Å². The molecule has 7 rings (SSSR count). The van der Waals surface area contributed by atoms with Gasteiger partial charge in [0.05, 0.1) is 11.4 Å². The third-order valence-electron chi connectivity index (χ3n) is 8.33. The molecule has 0 aliphatic carbocycles. The van der Waals surface area contributed by atoms with Crippen LogP contribution in [0.15, 0.2) is 111 Å². The number of fused-ring (bicyclic) bond motifs is 2. The predicted octanol–water partition coefficient (Wildman–Crippen LogP) is 9.98. The van der Waals surface area contributed by atoms with E-state index in [1.54, 1.807) is 4.90 Å². The first-order valence-electron chi connectivity index (χ1n) is 16.8. The number of rotatable bonds is 5. The van der Waals surface area contributed by atoms with Crippen LogP contribution in [0.25, 0.3) is 0 Å². The Labute approximate surface area is 297 Å². The second kappa shape index (κ2) is 15.7. The average molecular weight is 731 g/mol. The number of nitrogens with one attached hydrogen (secondary N) is 1. The lowest BCUT2D eigenvalue weighted by atomic mass is 10.1. The van der Waals surface area contributed by atoms with Gasteiger partial charge in [-0.05, 0) is 119 Å². The topological polar surface area (TPSA) is 63.3 Å². The monoisotopic (exact) mass is 729 g/mol. The Morgan fingerprint density at radius 2 is 1.23 bits per heavy atom. The first-order valence-corrected chi connectivity index (χ1v) is 18.4. The van der Waals surface area contributed by atoms with Gasteiger partial charge in [0.15, 0.2) is 0 Å². The molecule has 2 fully saturated rings. The van der Waals surface area contributed by atoms with E-state index in [4.69, 9.17) is 14.2 Å². The van der Waals surface area contributed by atoms with Gasteiger partial charge in [0.25, 0.3) is 0 Å². The number of piperidine rings is 2. The molecular weight excluding hydrogens is 686 g/mol. The number of ether oxygens (including phenoxy) is 3. The van der Waals surface area contributed by atoms with Crippen molar-refractivity contribution in [3.8, 4) is 11.5 Å². The number of nitrogens with zero attached hydrogens (tertiary/aromatic N) is 2. The predicted molar refractivity (Wildman–Crippen MR) is 197 cm³/mol. The largest absolute Gasteiger partial charge is 0.490 e. The lowest BCUT2D eigenvalue weighted by Crippen LogP contribution is -2.44. The van der Waals surface area contributed by atoms with Gasteiger partial charge in [0.2, 0.25) is 0 Å². The molecule has 9 heteroatoms. The van der Waals surface area contributed by atoms with Crippen molar-refractivity contribution in [1.29, 1.82) is 0 Å². The number of amides is 1. The van der Waals surface area contributed by atoms with Crippen LogP contribution >= 0.6 is 27.7 Å². The minimum Gasteiger partial charge on any atom is -0.490 e. The quantitative estimate of drug-likeness (QED) is 0.193. The molecular formula is C39H44BrN3O4S. The number of para-hydroxylation sites is 2. The standard InChI is InChI=1S/C23H22N2OS.C16H22BrNO3/c1-3-7-22-20(5-1)25(21-6-2-4-8-23(21)27-22)17-9-11-18(12-10-17)26-19-13-15-24-16-14-19;1-16(2,3)21-15(19)18-10-8-14(9-11-18)20-13-6-4-12(17)5-7-13/h1-12,19,24H,13-16H2;4-7,14H,8-11H2,1-3H3. The van der Waals surface area contributed by atoms with Gasteiger partial charge in [-0.2, -0.15) is 0 Å². The van der Waals surface area contributed by atoms with E-state index in [0.29, 0.717) is 19.2 Å². The Morgan fingerprint density at radius 3 is 1.77 bits per heavy atom. The molecule has 3 heterocycles. The number of carbonyl (C=O) groups excluding carboxylic acids is 1. The second-order valence-corrected chi connectivity index (χ2v) is 15.2. The zero-order valence-corrected chi connectivity index (χ0v) is 30.3. The van der Waals surface area contributed by atoms with Crippen LogP contribution in [0.4, 0.5) is 21.9 Å². The fraction of sp³-hybridized carbons (Fsp3) is 0.359. The van der Waals surface area contributed by atoms with E-state index < -0.39 is 5.60 Å². The zero-order valence-electron chi connectivity index (χ0n) is 27.9. The Hall–Kier alpha value is -3.66. The van der Waals surface area contributed by atoms with Crippen molar-refractivity contribution in [3.63, 3.8) is 0 Å². The van der Waals surface area contributed by atoms with E-state index >= 15 is 0 Å². The molecule has 0 radical (unpaired) electrons. The molecule has 3 aliphatic heterocycles. The summed E-state index contributed by atoms with van der Waals surface area (Å²) in [4.78, 5) is 18.6. The van der Waals surface area contributed by atoms with Crippen LogP contribution in [-0.4, -0.2) is 55.0 Å². The summed E-state index contributed by atoms with van der Waals surface area (Å²) >= 11 is 5.24. The highest BCUT2D eigenvalue weighted by molar-refractivity contribution is 9.10. The summed E-state index contributed by atoms with van der Waals surface area (Å²) < 4.78 is 18.5. The third-order valence-corrected chi connectivity index (χ3v) is 9.99. The van der Waals surface area contributed by atoms with Gasteiger partial charge >= 0.3 is 6.09 Å². The smallest absolute Gasteiger partial charge is 0.410 e. The van der Waals surface area contributed by atoms with E-state index in [-0.39, 0.29) is 12.2 Å². The minimum absolute atomic E-state index is 0.157. The molecule has 1 N–H and O–H groups in total.